The van der Waals surface area contributed by atoms with Crippen LogP contribution in [-0.4, -0.2) is 34.7 Å². The van der Waals surface area contributed by atoms with Crippen molar-refractivity contribution in [2.75, 3.05) is 13.1 Å². The zero-order chi connectivity index (χ0) is 15.5. The molecule has 1 aliphatic rings. The fourth-order valence-corrected chi connectivity index (χ4v) is 3.15. The molecule has 0 radical (unpaired) electrons. The van der Waals surface area contributed by atoms with Crippen LogP contribution in [0.3, 0.4) is 0 Å². The first-order valence-electron chi connectivity index (χ1n) is 7.99. The Kier molecular flexibility index (Phi) is 4.43. The molecule has 0 aromatic carbocycles. The minimum atomic E-state index is -0.205. The Morgan fingerprint density at radius 1 is 1.55 bits per heavy atom. The van der Waals surface area contributed by atoms with Gasteiger partial charge in [-0.15, -0.1) is 0 Å². The van der Waals surface area contributed by atoms with Crippen LogP contribution in [0, 0.1) is 0 Å². The van der Waals surface area contributed by atoms with E-state index < -0.39 is 0 Å². The first-order valence-corrected chi connectivity index (χ1v) is 7.99. The van der Waals surface area contributed by atoms with Gasteiger partial charge in [0.05, 0.1) is 6.10 Å². The fraction of sp³-hybridized carbons (Fsp3) is 0.529. The number of piperidine rings is 1. The number of ether oxygens (including phenoxy) is 1. The molecule has 2 aromatic rings. The monoisotopic (exact) mass is 301 g/mol. The first kappa shape index (κ1) is 15.0. The van der Waals surface area contributed by atoms with Gasteiger partial charge in [-0.25, -0.2) is 4.98 Å². The van der Waals surface area contributed by atoms with E-state index in [9.17, 15) is 4.79 Å². The minimum Gasteiger partial charge on any atom is -0.462 e. The molecule has 0 bridgehead atoms. The molecule has 1 atom stereocenters. The van der Waals surface area contributed by atoms with Gasteiger partial charge >= 0.3 is 5.97 Å². The van der Waals surface area contributed by atoms with E-state index in [-0.39, 0.29) is 18.6 Å². The predicted molar refractivity (Wildman–Crippen MR) is 85.8 cm³/mol. The summed E-state index contributed by atoms with van der Waals surface area (Å²) in [6, 6.07) is 6.15. The van der Waals surface area contributed by atoms with E-state index in [0.29, 0.717) is 5.92 Å². The van der Waals surface area contributed by atoms with Crippen LogP contribution in [0.15, 0.2) is 24.4 Å². The van der Waals surface area contributed by atoms with Crippen LogP contribution >= 0.6 is 0 Å². The summed E-state index contributed by atoms with van der Waals surface area (Å²) in [4.78, 5) is 16.6. The highest BCUT2D eigenvalue weighted by atomic mass is 16.5. The SMILES string of the molecule is CC(C)OC(=O)Cn1c(C2CCCNC2)cc2cccnc21. The van der Waals surface area contributed by atoms with Gasteiger partial charge in [0.1, 0.15) is 12.2 Å². The van der Waals surface area contributed by atoms with Crippen LogP contribution in [0.1, 0.15) is 38.3 Å². The second-order valence-electron chi connectivity index (χ2n) is 6.15. The maximum atomic E-state index is 12.1. The molecule has 5 heteroatoms. The predicted octanol–water partition coefficient (Wildman–Crippen LogP) is 2.45. The summed E-state index contributed by atoms with van der Waals surface area (Å²) in [6.07, 6.45) is 3.98. The Hall–Kier alpha value is -1.88. The third kappa shape index (κ3) is 3.14. The molecule has 1 fully saturated rings. The molecule has 118 valence electrons. The number of hydrogen-bond donors (Lipinski definition) is 1. The van der Waals surface area contributed by atoms with E-state index in [0.717, 1.165) is 37.0 Å². The van der Waals surface area contributed by atoms with E-state index in [1.807, 2.05) is 30.5 Å². The lowest BCUT2D eigenvalue weighted by Gasteiger charge is -2.24. The molecule has 1 aliphatic heterocycles. The molecular formula is C17H23N3O2. The molecular weight excluding hydrogens is 278 g/mol. The lowest BCUT2D eigenvalue weighted by Crippen LogP contribution is -2.30. The number of aromatic nitrogens is 2. The number of nitrogens with zero attached hydrogens (tertiary/aromatic N) is 2. The number of esters is 1. The number of pyridine rings is 1. The summed E-state index contributed by atoms with van der Waals surface area (Å²) in [6.45, 7) is 6.00. The molecule has 5 nitrogen and oxygen atoms in total. The van der Waals surface area contributed by atoms with Crippen molar-refractivity contribution in [3.05, 3.63) is 30.1 Å². The van der Waals surface area contributed by atoms with Gasteiger partial charge in [-0.05, 0) is 51.4 Å². The van der Waals surface area contributed by atoms with Crippen molar-refractivity contribution in [2.45, 2.75) is 45.3 Å². The number of hydrogen-bond acceptors (Lipinski definition) is 4. The average molecular weight is 301 g/mol. The van der Waals surface area contributed by atoms with Crippen LogP contribution in [0.4, 0.5) is 0 Å². The normalized spacial score (nSPS) is 18.8. The van der Waals surface area contributed by atoms with Gasteiger partial charge in [0.25, 0.3) is 0 Å². The van der Waals surface area contributed by atoms with E-state index in [1.54, 1.807) is 6.20 Å². The van der Waals surface area contributed by atoms with Crippen LogP contribution in [0.2, 0.25) is 0 Å². The zero-order valence-electron chi connectivity index (χ0n) is 13.2. The highest BCUT2D eigenvalue weighted by Crippen LogP contribution is 2.28. The van der Waals surface area contributed by atoms with Crippen LogP contribution < -0.4 is 5.32 Å². The van der Waals surface area contributed by atoms with E-state index in [2.05, 4.69) is 16.4 Å². The van der Waals surface area contributed by atoms with Crippen LogP contribution in [-0.2, 0) is 16.1 Å². The molecule has 3 rings (SSSR count). The number of nitrogens with one attached hydrogen (secondary N) is 1. The van der Waals surface area contributed by atoms with Crippen molar-refractivity contribution in [3.63, 3.8) is 0 Å². The smallest absolute Gasteiger partial charge is 0.326 e. The van der Waals surface area contributed by atoms with Gasteiger partial charge < -0.3 is 14.6 Å². The third-order valence-electron chi connectivity index (χ3n) is 4.06. The maximum Gasteiger partial charge on any atom is 0.326 e. The molecule has 1 N–H and O–H groups in total. The molecule has 0 amide bonds. The Balaban J connectivity index is 1.95. The number of rotatable bonds is 4. The summed E-state index contributed by atoms with van der Waals surface area (Å²) < 4.78 is 7.34. The van der Waals surface area contributed by atoms with Crippen molar-refractivity contribution < 1.29 is 9.53 Å². The summed E-state index contributed by atoms with van der Waals surface area (Å²) >= 11 is 0. The van der Waals surface area contributed by atoms with Gasteiger partial charge in [-0.3, -0.25) is 4.79 Å². The van der Waals surface area contributed by atoms with Gasteiger partial charge in [-0.1, -0.05) is 0 Å². The summed E-state index contributed by atoms with van der Waals surface area (Å²) in [7, 11) is 0. The quantitative estimate of drug-likeness (QED) is 0.881. The summed E-state index contributed by atoms with van der Waals surface area (Å²) in [5, 5.41) is 4.52. The Morgan fingerprint density at radius 3 is 3.14 bits per heavy atom. The lowest BCUT2D eigenvalue weighted by molar-refractivity contribution is -0.148. The second kappa shape index (κ2) is 6.48. The van der Waals surface area contributed by atoms with E-state index in [1.165, 1.54) is 5.69 Å². The van der Waals surface area contributed by atoms with Crippen molar-refractivity contribution in [3.8, 4) is 0 Å². The van der Waals surface area contributed by atoms with Gasteiger partial charge in [0.15, 0.2) is 0 Å². The Bertz CT molecular complexity index is 657. The average Bonchev–Trinajstić information content (AvgIpc) is 2.86. The van der Waals surface area contributed by atoms with Gasteiger partial charge in [0.2, 0.25) is 0 Å². The van der Waals surface area contributed by atoms with Crippen molar-refractivity contribution in [1.29, 1.82) is 0 Å². The molecule has 0 spiro atoms. The highest BCUT2D eigenvalue weighted by molar-refractivity contribution is 5.80. The van der Waals surface area contributed by atoms with Crippen molar-refractivity contribution in [2.24, 2.45) is 0 Å². The number of carbonyl (C=O) groups excluding carboxylic acids is 1. The molecule has 0 saturated carbocycles. The number of carbonyl (C=O) groups is 1. The van der Waals surface area contributed by atoms with Crippen molar-refractivity contribution in [1.82, 2.24) is 14.9 Å². The molecule has 3 heterocycles. The highest BCUT2D eigenvalue weighted by Gasteiger charge is 2.22. The largest absolute Gasteiger partial charge is 0.462 e. The van der Waals surface area contributed by atoms with Gasteiger partial charge in [-0.2, -0.15) is 0 Å². The van der Waals surface area contributed by atoms with Crippen LogP contribution in [0.5, 0.6) is 0 Å². The molecule has 1 saturated heterocycles. The molecule has 0 aliphatic carbocycles. The first-order chi connectivity index (χ1) is 10.6. The Labute approximate surface area is 130 Å². The second-order valence-corrected chi connectivity index (χ2v) is 6.15. The van der Waals surface area contributed by atoms with Gasteiger partial charge in [0, 0.05) is 29.7 Å². The van der Waals surface area contributed by atoms with E-state index >= 15 is 0 Å². The van der Waals surface area contributed by atoms with Crippen molar-refractivity contribution >= 4 is 17.0 Å². The maximum absolute atomic E-state index is 12.1. The van der Waals surface area contributed by atoms with E-state index in [4.69, 9.17) is 4.74 Å². The Morgan fingerprint density at radius 2 is 2.41 bits per heavy atom. The zero-order valence-corrected chi connectivity index (χ0v) is 13.2. The lowest BCUT2D eigenvalue weighted by atomic mass is 9.96. The summed E-state index contributed by atoms with van der Waals surface area (Å²) in [5.41, 5.74) is 2.05. The van der Waals surface area contributed by atoms with Crippen LogP contribution in [0.25, 0.3) is 11.0 Å². The topological polar surface area (TPSA) is 56.1 Å². The molecule has 1 unspecified atom stereocenters. The summed E-state index contributed by atoms with van der Waals surface area (Å²) in [5.74, 6) is 0.220. The molecule has 2 aromatic heterocycles. The fourth-order valence-electron chi connectivity index (χ4n) is 3.15. The standard InChI is InChI=1S/C17H23N3O2/c1-12(2)22-16(21)11-20-15(14-6-3-7-18-10-14)9-13-5-4-8-19-17(13)20/h4-5,8-9,12,14,18H,3,6-7,10-11H2,1-2H3. The third-order valence-corrected chi connectivity index (χ3v) is 4.06. The number of fused-ring (bicyclic) bond motifs is 1. The molecule has 22 heavy (non-hydrogen) atoms. The minimum absolute atomic E-state index is 0.0953.